The van der Waals surface area contributed by atoms with Gasteiger partial charge in [0.2, 0.25) is 5.91 Å². The highest BCUT2D eigenvalue weighted by Gasteiger charge is 2.35. The topological polar surface area (TPSA) is 58.6 Å². The van der Waals surface area contributed by atoms with E-state index in [9.17, 15) is 9.59 Å². The summed E-state index contributed by atoms with van der Waals surface area (Å²) in [5.41, 5.74) is 2.42. The van der Waals surface area contributed by atoms with Crippen LogP contribution in [0.1, 0.15) is 35.7 Å². The van der Waals surface area contributed by atoms with Crippen molar-refractivity contribution in [2.45, 2.75) is 37.2 Å². The molecule has 1 heterocycles. The summed E-state index contributed by atoms with van der Waals surface area (Å²) in [6.07, 6.45) is 2.34. The van der Waals surface area contributed by atoms with Crippen molar-refractivity contribution in [2.24, 2.45) is 5.92 Å². The van der Waals surface area contributed by atoms with Gasteiger partial charge < -0.3 is 15.0 Å². The van der Waals surface area contributed by atoms with E-state index in [1.807, 2.05) is 47.4 Å². The number of benzene rings is 2. The summed E-state index contributed by atoms with van der Waals surface area (Å²) < 4.78 is 5.23. The Bertz CT molecular complexity index is 893. The van der Waals surface area contributed by atoms with Gasteiger partial charge in [-0.1, -0.05) is 12.1 Å². The second-order valence-electron chi connectivity index (χ2n) is 7.41. The quantitative estimate of drug-likeness (QED) is 0.796. The number of carbonyl (C=O) groups is 2. The Morgan fingerprint density at radius 2 is 2.00 bits per heavy atom. The molecule has 28 heavy (non-hydrogen) atoms. The van der Waals surface area contributed by atoms with Gasteiger partial charge in [0.15, 0.2) is 0 Å². The van der Waals surface area contributed by atoms with Crippen LogP contribution in [0.3, 0.4) is 0 Å². The number of hydrogen-bond acceptors (Lipinski definition) is 4. The molecular weight excluding hydrogens is 372 g/mol. The van der Waals surface area contributed by atoms with Crippen LogP contribution in [0.15, 0.2) is 47.4 Å². The Hall–Kier alpha value is -2.47. The summed E-state index contributed by atoms with van der Waals surface area (Å²) in [4.78, 5) is 28.1. The van der Waals surface area contributed by atoms with Crippen LogP contribution in [0.4, 0.5) is 5.69 Å². The number of nitrogens with one attached hydrogen (secondary N) is 1. The molecule has 146 valence electrons. The smallest absolute Gasteiger partial charge is 0.254 e. The molecule has 0 saturated heterocycles. The van der Waals surface area contributed by atoms with Crippen molar-refractivity contribution in [2.75, 3.05) is 18.2 Å². The SMILES string of the molecule is COc1ccc(CN(C(=O)c2ccc3c(c2)NC(=O)CS3)C(C)C2CC2)cc1. The van der Waals surface area contributed by atoms with Crippen LogP contribution in [0.25, 0.3) is 0 Å². The van der Waals surface area contributed by atoms with Crippen LogP contribution >= 0.6 is 11.8 Å². The minimum Gasteiger partial charge on any atom is -0.497 e. The van der Waals surface area contributed by atoms with E-state index in [0.29, 0.717) is 23.8 Å². The molecule has 5 nitrogen and oxygen atoms in total. The Balaban J connectivity index is 1.59. The van der Waals surface area contributed by atoms with Crippen molar-refractivity contribution in [3.05, 3.63) is 53.6 Å². The van der Waals surface area contributed by atoms with E-state index in [-0.39, 0.29) is 17.9 Å². The van der Waals surface area contributed by atoms with Crippen molar-refractivity contribution < 1.29 is 14.3 Å². The zero-order valence-electron chi connectivity index (χ0n) is 16.1. The molecule has 1 unspecified atom stereocenters. The standard InChI is InChI=1S/C22H24N2O3S/c1-14(16-5-6-16)24(12-15-3-8-18(27-2)9-4-15)22(26)17-7-10-20-19(11-17)23-21(25)13-28-20/h3-4,7-11,14,16H,5-6,12-13H2,1-2H3,(H,23,25). The number of hydrogen-bond donors (Lipinski definition) is 1. The third-order valence-corrected chi connectivity index (χ3v) is 6.50. The highest BCUT2D eigenvalue weighted by atomic mass is 32.2. The maximum absolute atomic E-state index is 13.4. The predicted octanol–water partition coefficient (Wildman–Crippen LogP) is 4.18. The van der Waals surface area contributed by atoms with Crippen molar-refractivity contribution >= 4 is 29.3 Å². The maximum Gasteiger partial charge on any atom is 0.254 e. The maximum atomic E-state index is 13.4. The van der Waals surface area contributed by atoms with Gasteiger partial charge in [0.1, 0.15) is 5.75 Å². The number of anilines is 1. The molecule has 1 atom stereocenters. The Kier molecular flexibility index (Phi) is 5.31. The molecule has 2 aromatic carbocycles. The number of ether oxygens (including phenoxy) is 1. The highest BCUT2D eigenvalue weighted by molar-refractivity contribution is 8.00. The van der Waals surface area contributed by atoms with Crippen LogP contribution in [0, 0.1) is 5.92 Å². The third kappa shape index (κ3) is 4.02. The van der Waals surface area contributed by atoms with Gasteiger partial charge in [0, 0.05) is 23.0 Å². The number of carbonyl (C=O) groups excluding carboxylic acids is 2. The molecule has 2 amide bonds. The molecular formula is C22H24N2O3S. The minimum absolute atomic E-state index is 0.00263. The van der Waals surface area contributed by atoms with E-state index in [4.69, 9.17) is 4.74 Å². The zero-order chi connectivity index (χ0) is 19.7. The predicted molar refractivity (Wildman–Crippen MR) is 111 cm³/mol. The van der Waals surface area contributed by atoms with Gasteiger partial charge in [0.25, 0.3) is 5.91 Å². The lowest BCUT2D eigenvalue weighted by molar-refractivity contribution is -0.113. The first-order valence-electron chi connectivity index (χ1n) is 9.56. The fourth-order valence-corrected chi connectivity index (χ4v) is 4.33. The first-order valence-corrected chi connectivity index (χ1v) is 10.5. The van der Waals surface area contributed by atoms with Gasteiger partial charge in [-0.3, -0.25) is 9.59 Å². The minimum atomic E-state index is -0.0245. The van der Waals surface area contributed by atoms with Crippen LogP contribution in [0.5, 0.6) is 5.75 Å². The fourth-order valence-electron chi connectivity index (χ4n) is 3.54. The molecule has 0 spiro atoms. The van der Waals surface area contributed by atoms with Crippen molar-refractivity contribution in [3.63, 3.8) is 0 Å². The summed E-state index contributed by atoms with van der Waals surface area (Å²) in [6.45, 7) is 2.69. The first kappa shape index (κ1) is 18.9. The van der Waals surface area contributed by atoms with E-state index in [2.05, 4.69) is 12.2 Å². The summed E-state index contributed by atoms with van der Waals surface area (Å²) >= 11 is 1.50. The highest BCUT2D eigenvalue weighted by Crippen LogP contribution is 2.37. The second kappa shape index (κ2) is 7.87. The van der Waals surface area contributed by atoms with Gasteiger partial charge in [0.05, 0.1) is 18.6 Å². The summed E-state index contributed by atoms with van der Waals surface area (Å²) in [7, 11) is 1.65. The average Bonchev–Trinajstić information content (AvgIpc) is 3.56. The Morgan fingerprint density at radius 1 is 1.25 bits per heavy atom. The molecule has 0 aromatic heterocycles. The number of thioether (sulfide) groups is 1. The molecule has 6 heteroatoms. The number of fused-ring (bicyclic) bond motifs is 1. The second-order valence-corrected chi connectivity index (χ2v) is 8.42. The zero-order valence-corrected chi connectivity index (χ0v) is 16.9. The molecule has 1 N–H and O–H groups in total. The lowest BCUT2D eigenvalue weighted by Gasteiger charge is -2.30. The van der Waals surface area contributed by atoms with Gasteiger partial charge in [-0.2, -0.15) is 0 Å². The molecule has 0 bridgehead atoms. The summed E-state index contributed by atoms with van der Waals surface area (Å²) in [6, 6.07) is 13.6. The number of rotatable bonds is 6. The summed E-state index contributed by atoms with van der Waals surface area (Å²) in [5.74, 6) is 1.77. The normalized spacial score (nSPS) is 16.7. The Morgan fingerprint density at radius 3 is 2.68 bits per heavy atom. The van der Waals surface area contributed by atoms with Gasteiger partial charge in [-0.05, 0) is 61.6 Å². The number of nitrogens with zero attached hydrogens (tertiary/aromatic N) is 1. The van der Waals surface area contributed by atoms with E-state index < -0.39 is 0 Å². The lowest BCUT2D eigenvalue weighted by Crippen LogP contribution is -2.39. The fraction of sp³-hybridized carbons (Fsp3) is 0.364. The summed E-state index contributed by atoms with van der Waals surface area (Å²) in [5, 5.41) is 2.88. The molecule has 0 radical (unpaired) electrons. The number of amides is 2. The van der Waals surface area contributed by atoms with Crippen LogP contribution < -0.4 is 10.1 Å². The van der Waals surface area contributed by atoms with E-state index >= 15 is 0 Å². The van der Waals surface area contributed by atoms with Crippen LogP contribution in [-0.4, -0.2) is 35.6 Å². The van der Waals surface area contributed by atoms with E-state index in [1.165, 1.54) is 24.6 Å². The first-order chi connectivity index (χ1) is 13.5. The average molecular weight is 397 g/mol. The molecule has 1 aliphatic carbocycles. The third-order valence-electron chi connectivity index (χ3n) is 5.43. The Labute approximate surface area is 169 Å². The van der Waals surface area contributed by atoms with Crippen molar-refractivity contribution in [1.29, 1.82) is 0 Å². The van der Waals surface area contributed by atoms with Gasteiger partial charge in [-0.25, -0.2) is 0 Å². The van der Waals surface area contributed by atoms with Gasteiger partial charge in [-0.15, -0.1) is 11.8 Å². The van der Waals surface area contributed by atoms with Crippen molar-refractivity contribution in [3.8, 4) is 5.75 Å². The lowest BCUT2D eigenvalue weighted by atomic mass is 10.1. The van der Waals surface area contributed by atoms with E-state index in [0.717, 1.165) is 21.9 Å². The molecule has 2 aromatic rings. The van der Waals surface area contributed by atoms with Crippen LogP contribution in [-0.2, 0) is 11.3 Å². The van der Waals surface area contributed by atoms with Crippen LogP contribution in [0.2, 0.25) is 0 Å². The molecule has 1 fully saturated rings. The van der Waals surface area contributed by atoms with Gasteiger partial charge >= 0.3 is 0 Å². The molecule has 2 aliphatic rings. The molecule has 4 rings (SSSR count). The molecule has 1 saturated carbocycles. The number of methoxy groups -OCH3 is 1. The van der Waals surface area contributed by atoms with Crippen molar-refractivity contribution in [1.82, 2.24) is 4.90 Å². The molecule has 1 aliphatic heterocycles. The monoisotopic (exact) mass is 396 g/mol. The van der Waals surface area contributed by atoms with E-state index in [1.54, 1.807) is 7.11 Å². The largest absolute Gasteiger partial charge is 0.497 e.